The van der Waals surface area contributed by atoms with E-state index in [1.807, 2.05) is 54.6 Å². The van der Waals surface area contributed by atoms with Gasteiger partial charge < -0.3 is 15.0 Å². The summed E-state index contributed by atoms with van der Waals surface area (Å²) in [6.45, 7) is 3.20. The number of unbranched alkanes of at least 4 members (excludes halogenated alkanes) is 4. The van der Waals surface area contributed by atoms with Gasteiger partial charge in [-0.05, 0) is 30.7 Å². The fourth-order valence-electron chi connectivity index (χ4n) is 2.68. The van der Waals surface area contributed by atoms with E-state index in [-0.39, 0.29) is 12.5 Å². The van der Waals surface area contributed by atoms with Gasteiger partial charge in [-0.1, -0.05) is 56.9 Å². The van der Waals surface area contributed by atoms with Gasteiger partial charge >= 0.3 is 0 Å². The third kappa shape index (κ3) is 6.79. The number of nitrogens with zero attached hydrogens (tertiary/aromatic N) is 1. The van der Waals surface area contributed by atoms with E-state index in [1.165, 1.54) is 25.7 Å². The van der Waals surface area contributed by atoms with Crippen LogP contribution in [0.15, 0.2) is 54.6 Å². The van der Waals surface area contributed by atoms with E-state index in [0.717, 1.165) is 30.2 Å². The summed E-state index contributed by atoms with van der Waals surface area (Å²) in [6, 6.07) is 17.4. The van der Waals surface area contributed by atoms with Crippen LogP contribution in [0.25, 0.3) is 0 Å². The lowest BCUT2D eigenvalue weighted by Crippen LogP contribution is -2.32. The summed E-state index contributed by atoms with van der Waals surface area (Å²) in [5, 5.41) is 3.18. The van der Waals surface area contributed by atoms with E-state index in [0.29, 0.717) is 0 Å². The molecule has 0 spiro atoms. The molecule has 0 heterocycles. The summed E-state index contributed by atoms with van der Waals surface area (Å²) in [6.07, 6.45) is 6.13. The number of nitrogens with one attached hydrogen (secondary N) is 1. The predicted molar refractivity (Wildman–Crippen MR) is 109 cm³/mol. The van der Waals surface area contributed by atoms with Gasteiger partial charge in [-0.2, -0.15) is 0 Å². The van der Waals surface area contributed by atoms with Gasteiger partial charge in [0.05, 0.1) is 13.2 Å². The first-order valence-electron chi connectivity index (χ1n) is 9.49. The number of para-hydroxylation sites is 1. The molecule has 0 aliphatic heterocycles. The number of hydrogen-bond donors (Lipinski definition) is 1. The predicted octanol–water partition coefficient (Wildman–Crippen LogP) is 5.11. The van der Waals surface area contributed by atoms with E-state index in [9.17, 15) is 4.79 Å². The van der Waals surface area contributed by atoms with E-state index >= 15 is 0 Å². The molecule has 1 N–H and O–H groups in total. The molecule has 0 fully saturated rings. The third-order valence-corrected chi connectivity index (χ3v) is 4.31. The Morgan fingerprint density at radius 1 is 1.00 bits per heavy atom. The SMILES string of the molecule is CCCCCCCOc1cccc(NCC(=O)N(C)c2ccccc2)c1. The van der Waals surface area contributed by atoms with Gasteiger partial charge in [0.2, 0.25) is 5.91 Å². The number of anilines is 2. The summed E-state index contributed by atoms with van der Waals surface area (Å²) in [7, 11) is 1.79. The van der Waals surface area contributed by atoms with Crippen LogP contribution in [0.4, 0.5) is 11.4 Å². The lowest BCUT2D eigenvalue weighted by molar-refractivity contribution is -0.116. The largest absolute Gasteiger partial charge is 0.494 e. The maximum absolute atomic E-state index is 12.3. The smallest absolute Gasteiger partial charge is 0.246 e. The van der Waals surface area contributed by atoms with Crippen molar-refractivity contribution in [2.24, 2.45) is 0 Å². The van der Waals surface area contributed by atoms with Crippen molar-refractivity contribution in [3.8, 4) is 5.75 Å². The van der Waals surface area contributed by atoms with Crippen molar-refractivity contribution < 1.29 is 9.53 Å². The lowest BCUT2D eigenvalue weighted by Gasteiger charge is -2.18. The van der Waals surface area contributed by atoms with Crippen molar-refractivity contribution in [1.29, 1.82) is 0 Å². The van der Waals surface area contributed by atoms with E-state index in [2.05, 4.69) is 12.2 Å². The molecule has 0 saturated heterocycles. The fourth-order valence-corrected chi connectivity index (χ4v) is 2.68. The molecule has 140 valence electrons. The Morgan fingerprint density at radius 2 is 1.77 bits per heavy atom. The molecule has 2 rings (SSSR count). The first-order valence-corrected chi connectivity index (χ1v) is 9.49. The number of carbonyl (C=O) groups excluding carboxylic acids is 1. The molecule has 4 heteroatoms. The van der Waals surface area contributed by atoms with E-state index in [1.54, 1.807) is 11.9 Å². The quantitative estimate of drug-likeness (QED) is 0.570. The minimum atomic E-state index is 0.0124. The van der Waals surface area contributed by atoms with Crippen LogP contribution < -0.4 is 15.0 Å². The second-order valence-electron chi connectivity index (χ2n) is 6.43. The maximum atomic E-state index is 12.3. The van der Waals surface area contributed by atoms with Crippen LogP contribution in [0, 0.1) is 0 Å². The normalized spacial score (nSPS) is 10.4. The summed E-state index contributed by atoms with van der Waals surface area (Å²) in [5.41, 5.74) is 1.78. The fraction of sp³-hybridized carbons (Fsp3) is 0.409. The molecule has 4 nitrogen and oxygen atoms in total. The molecular formula is C22H30N2O2. The van der Waals surface area contributed by atoms with Gasteiger partial charge in [-0.15, -0.1) is 0 Å². The van der Waals surface area contributed by atoms with Crippen molar-refractivity contribution in [1.82, 2.24) is 0 Å². The number of benzene rings is 2. The standard InChI is InChI=1S/C22H30N2O2/c1-3-4-5-6-10-16-26-21-15-11-12-19(17-21)23-18-22(25)24(2)20-13-8-7-9-14-20/h7-9,11-15,17,23H,3-6,10,16,18H2,1-2H3. The van der Waals surface area contributed by atoms with Gasteiger partial charge in [0.1, 0.15) is 5.75 Å². The average Bonchev–Trinajstić information content (AvgIpc) is 2.69. The topological polar surface area (TPSA) is 41.6 Å². The van der Waals surface area contributed by atoms with Gasteiger partial charge in [-0.25, -0.2) is 0 Å². The second-order valence-corrected chi connectivity index (χ2v) is 6.43. The molecule has 0 unspecified atom stereocenters. The summed E-state index contributed by atoms with van der Waals surface area (Å²) in [5.74, 6) is 0.854. The van der Waals surface area contributed by atoms with Gasteiger partial charge in [-0.3, -0.25) is 4.79 Å². The minimum absolute atomic E-state index is 0.0124. The molecule has 0 aliphatic rings. The molecule has 0 aliphatic carbocycles. The second kappa shape index (κ2) is 11.2. The first-order chi connectivity index (χ1) is 12.7. The summed E-state index contributed by atoms with van der Waals surface area (Å²) < 4.78 is 5.82. The minimum Gasteiger partial charge on any atom is -0.494 e. The monoisotopic (exact) mass is 354 g/mol. The Bertz CT molecular complexity index is 658. The Balaban J connectivity index is 1.76. The molecule has 26 heavy (non-hydrogen) atoms. The lowest BCUT2D eigenvalue weighted by atomic mass is 10.2. The highest BCUT2D eigenvalue weighted by Gasteiger charge is 2.10. The zero-order valence-corrected chi connectivity index (χ0v) is 15.9. The van der Waals surface area contributed by atoms with Crippen LogP contribution in [0.2, 0.25) is 0 Å². The van der Waals surface area contributed by atoms with Crippen molar-refractivity contribution in [3.05, 3.63) is 54.6 Å². The highest BCUT2D eigenvalue weighted by molar-refractivity contribution is 5.95. The summed E-state index contributed by atoms with van der Waals surface area (Å²) >= 11 is 0. The average molecular weight is 354 g/mol. The van der Waals surface area contributed by atoms with Gasteiger partial charge in [0.25, 0.3) is 0 Å². The van der Waals surface area contributed by atoms with E-state index < -0.39 is 0 Å². The number of ether oxygens (including phenoxy) is 1. The molecule has 2 aromatic rings. The molecule has 1 amide bonds. The van der Waals surface area contributed by atoms with Crippen LogP contribution in [0.3, 0.4) is 0 Å². The number of hydrogen-bond acceptors (Lipinski definition) is 3. The van der Waals surface area contributed by atoms with Gasteiger partial charge in [0.15, 0.2) is 0 Å². The molecule has 0 bridgehead atoms. The van der Waals surface area contributed by atoms with Crippen molar-refractivity contribution in [2.45, 2.75) is 39.0 Å². The zero-order chi connectivity index (χ0) is 18.6. The van der Waals surface area contributed by atoms with Crippen molar-refractivity contribution in [3.63, 3.8) is 0 Å². The Morgan fingerprint density at radius 3 is 2.54 bits per heavy atom. The molecule has 0 atom stereocenters. The highest BCUT2D eigenvalue weighted by atomic mass is 16.5. The summed E-state index contributed by atoms with van der Waals surface area (Å²) in [4.78, 5) is 14.0. The highest BCUT2D eigenvalue weighted by Crippen LogP contribution is 2.18. The van der Waals surface area contributed by atoms with Crippen molar-refractivity contribution >= 4 is 17.3 Å². The van der Waals surface area contributed by atoms with Crippen LogP contribution in [0.1, 0.15) is 39.0 Å². The van der Waals surface area contributed by atoms with Crippen molar-refractivity contribution in [2.75, 3.05) is 30.4 Å². The zero-order valence-electron chi connectivity index (χ0n) is 15.9. The van der Waals surface area contributed by atoms with Crippen LogP contribution in [-0.2, 0) is 4.79 Å². The molecule has 0 radical (unpaired) electrons. The van der Waals surface area contributed by atoms with Crippen LogP contribution >= 0.6 is 0 Å². The molecular weight excluding hydrogens is 324 g/mol. The first kappa shape index (κ1) is 19.8. The number of rotatable bonds is 11. The Kier molecular flexibility index (Phi) is 8.53. The van der Waals surface area contributed by atoms with Crippen LogP contribution in [-0.4, -0.2) is 26.1 Å². The number of likely N-dealkylation sites (N-methyl/N-ethyl adjacent to an activating group) is 1. The molecule has 0 aromatic heterocycles. The number of carbonyl (C=O) groups is 1. The van der Waals surface area contributed by atoms with Gasteiger partial charge in [0, 0.05) is 24.5 Å². The maximum Gasteiger partial charge on any atom is 0.246 e. The number of amides is 1. The molecule has 0 saturated carbocycles. The molecule has 2 aromatic carbocycles. The van der Waals surface area contributed by atoms with E-state index in [4.69, 9.17) is 4.74 Å². The Labute approximate surface area is 157 Å². The third-order valence-electron chi connectivity index (χ3n) is 4.31. The Hall–Kier alpha value is -2.49. The van der Waals surface area contributed by atoms with Crippen LogP contribution in [0.5, 0.6) is 5.75 Å².